The van der Waals surface area contributed by atoms with E-state index in [2.05, 4.69) is 0 Å². The third kappa shape index (κ3) is 2.27. The van der Waals surface area contributed by atoms with Gasteiger partial charge in [-0.05, 0) is 30.7 Å². The average Bonchev–Trinajstić information content (AvgIpc) is 2.48. The van der Waals surface area contributed by atoms with Crippen molar-refractivity contribution >= 4 is 0 Å². The molecule has 0 fully saturated rings. The number of ether oxygens (including phenoxy) is 1. The van der Waals surface area contributed by atoms with Crippen LogP contribution in [0.4, 0.5) is 8.78 Å². The Morgan fingerprint density at radius 3 is 2.80 bits per heavy atom. The second-order valence-electron chi connectivity index (χ2n) is 4.89. The van der Waals surface area contributed by atoms with Gasteiger partial charge in [-0.25, -0.2) is 8.78 Å². The highest BCUT2D eigenvalue weighted by Crippen LogP contribution is 2.41. The lowest BCUT2D eigenvalue weighted by molar-refractivity contribution is 0.113. The molecule has 104 valence electrons. The van der Waals surface area contributed by atoms with Crippen LogP contribution in [0.2, 0.25) is 0 Å². The van der Waals surface area contributed by atoms with Crippen LogP contribution in [0, 0.1) is 11.6 Å². The summed E-state index contributed by atoms with van der Waals surface area (Å²) in [5.41, 5.74) is 0.821. The summed E-state index contributed by atoms with van der Waals surface area (Å²) < 4.78 is 32.6. The number of hydrogen-bond donors (Lipinski definition) is 1. The zero-order valence-corrected chi connectivity index (χ0v) is 10.7. The first-order valence-corrected chi connectivity index (χ1v) is 6.51. The van der Waals surface area contributed by atoms with E-state index in [0.717, 1.165) is 23.8 Å². The highest BCUT2D eigenvalue weighted by molar-refractivity contribution is 5.40. The molecule has 2 unspecified atom stereocenters. The van der Waals surface area contributed by atoms with Gasteiger partial charge in [-0.3, -0.25) is 0 Å². The van der Waals surface area contributed by atoms with Gasteiger partial charge in [0.05, 0.1) is 12.7 Å². The normalized spacial score (nSPS) is 19.1. The molecule has 3 rings (SSSR count). The number of para-hydroxylation sites is 1. The number of rotatable bonds is 2. The Balaban J connectivity index is 1.99. The smallest absolute Gasteiger partial charge is 0.129 e. The lowest BCUT2D eigenvalue weighted by atomic mass is 9.85. The Kier molecular flexibility index (Phi) is 3.40. The maximum atomic E-state index is 13.8. The first kappa shape index (κ1) is 13.1. The van der Waals surface area contributed by atoms with Gasteiger partial charge in [0.1, 0.15) is 17.4 Å². The molecule has 0 aromatic heterocycles. The van der Waals surface area contributed by atoms with Gasteiger partial charge >= 0.3 is 0 Å². The Labute approximate surface area is 115 Å². The van der Waals surface area contributed by atoms with Crippen molar-refractivity contribution in [3.05, 3.63) is 65.2 Å². The van der Waals surface area contributed by atoms with E-state index in [9.17, 15) is 13.9 Å². The van der Waals surface area contributed by atoms with E-state index in [0.29, 0.717) is 18.8 Å². The molecule has 0 radical (unpaired) electrons. The Hall–Kier alpha value is -1.94. The highest BCUT2D eigenvalue weighted by atomic mass is 19.1. The molecule has 2 aromatic carbocycles. The molecule has 1 heterocycles. The van der Waals surface area contributed by atoms with Crippen molar-refractivity contribution in [2.75, 3.05) is 6.61 Å². The number of aliphatic hydroxyl groups is 1. The molecule has 2 atom stereocenters. The van der Waals surface area contributed by atoms with E-state index in [1.54, 1.807) is 0 Å². The summed E-state index contributed by atoms with van der Waals surface area (Å²) in [6.07, 6.45) is -0.524. The number of halogens is 2. The van der Waals surface area contributed by atoms with E-state index in [4.69, 9.17) is 4.74 Å². The van der Waals surface area contributed by atoms with Crippen molar-refractivity contribution in [2.45, 2.75) is 18.4 Å². The topological polar surface area (TPSA) is 29.5 Å². The summed E-state index contributed by atoms with van der Waals surface area (Å²) in [6, 6.07) is 10.5. The zero-order valence-electron chi connectivity index (χ0n) is 10.7. The summed E-state index contributed by atoms with van der Waals surface area (Å²) in [4.78, 5) is 0. The molecule has 0 spiro atoms. The molecule has 4 heteroatoms. The van der Waals surface area contributed by atoms with Gasteiger partial charge in [0, 0.05) is 17.0 Å². The van der Waals surface area contributed by atoms with Crippen molar-refractivity contribution in [3.8, 4) is 5.75 Å². The fraction of sp³-hybridized carbons (Fsp3) is 0.250. The van der Waals surface area contributed by atoms with Crippen molar-refractivity contribution < 1.29 is 18.6 Å². The first-order chi connectivity index (χ1) is 9.66. The van der Waals surface area contributed by atoms with Crippen LogP contribution in [0.25, 0.3) is 0 Å². The Morgan fingerprint density at radius 1 is 1.15 bits per heavy atom. The molecule has 2 aromatic rings. The standard InChI is InChI=1S/C16H14F2O2/c17-10-5-6-14(18)13(9-10)16(19)12-7-8-20-15-4-2-1-3-11(12)15/h1-6,9,12,16,19H,7-8H2. The minimum absolute atomic E-state index is 0.00768. The van der Waals surface area contributed by atoms with Crippen LogP contribution < -0.4 is 4.74 Å². The molecule has 20 heavy (non-hydrogen) atoms. The van der Waals surface area contributed by atoms with Crippen LogP contribution >= 0.6 is 0 Å². The third-order valence-corrected chi connectivity index (χ3v) is 3.66. The molecule has 1 aliphatic rings. The largest absolute Gasteiger partial charge is 0.493 e. The molecule has 1 aliphatic heterocycles. The van der Waals surface area contributed by atoms with E-state index >= 15 is 0 Å². The van der Waals surface area contributed by atoms with Gasteiger partial charge in [-0.2, -0.15) is 0 Å². The van der Waals surface area contributed by atoms with Crippen LogP contribution in [0.15, 0.2) is 42.5 Å². The molecule has 0 aliphatic carbocycles. The average molecular weight is 276 g/mol. The summed E-state index contributed by atoms with van der Waals surface area (Å²) in [5.74, 6) is -0.750. The van der Waals surface area contributed by atoms with E-state index in [-0.39, 0.29) is 11.5 Å². The molecule has 1 N–H and O–H groups in total. The van der Waals surface area contributed by atoms with E-state index in [1.165, 1.54) is 0 Å². The predicted octanol–water partition coefficient (Wildman–Crippen LogP) is 3.56. The molecular weight excluding hydrogens is 262 g/mol. The molecule has 0 saturated carbocycles. The maximum Gasteiger partial charge on any atom is 0.129 e. The van der Waals surface area contributed by atoms with Crippen molar-refractivity contribution in [3.63, 3.8) is 0 Å². The second kappa shape index (κ2) is 5.21. The number of benzene rings is 2. The van der Waals surface area contributed by atoms with Gasteiger partial charge in [0.2, 0.25) is 0 Å². The van der Waals surface area contributed by atoms with Crippen molar-refractivity contribution in [1.82, 2.24) is 0 Å². The van der Waals surface area contributed by atoms with E-state index < -0.39 is 17.7 Å². The maximum absolute atomic E-state index is 13.8. The Bertz CT molecular complexity index is 628. The van der Waals surface area contributed by atoms with Crippen LogP contribution in [0.5, 0.6) is 5.75 Å². The highest BCUT2D eigenvalue weighted by Gasteiger charge is 2.30. The summed E-state index contributed by atoms with van der Waals surface area (Å²) in [6.45, 7) is 0.454. The first-order valence-electron chi connectivity index (χ1n) is 6.51. The molecular formula is C16H14F2O2. The lowest BCUT2D eigenvalue weighted by Crippen LogP contribution is -2.20. The van der Waals surface area contributed by atoms with Gasteiger partial charge in [0.25, 0.3) is 0 Å². The van der Waals surface area contributed by atoms with Crippen LogP contribution in [-0.2, 0) is 0 Å². The van der Waals surface area contributed by atoms with Gasteiger partial charge in [-0.1, -0.05) is 18.2 Å². The SMILES string of the molecule is OC(c1cc(F)ccc1F)C1CCOc2ccccc21. The molecule has 0 amide bonds. The second-order valence-corrected chi connectivity index (χ2v) is 4.89. The van der Waals surface area contributed by atoms with Gasteiger partial charge < -0.3 is 9.84 Å². The zero-order chi connectivity index (χ0) is 14.1. The predicted molar refractivity (Wildman–Crippen MR) is 70.6 cm³/mol. The number of hydrogen-bond acceptors (Lipinski definition) is 2. The fourth-order valence-corrected chi connectivity index (χ4v) is 2.66. The minimum Gasteiger partial charge on any atom is -0.493 e. The summed E-state index contributed by atoms with van der Waals surface area (Å²) >= 11 is 0. The molecule has 0 bridgehead atoms. The fourth-order valence-electron chi connectivity index (χ4n) is 2.66. The number of aliphatic hydroxyl groups excluding tert-OH is 1. The quantitative estimate of drug-likeness (QED) is 0.908. The van der Waals surface area contributed by atoms with Crippen LogP contribution in [0.1, 0.15) is 29.6 Å². The van der Waals surface area contributed by atoms with Gasteiger partial charge in [0.15, 0.2) is 0 Å². The molecule has 0 saturated heterocycles. The minimum atomic E-state index is -1.09. The third-order valence-electron chi connectivity index (χ3n) is 3.66. The van der Waals surface area contributed by atoms with Crippen molar-refractivity contribution in [1.29, 1.82) is 0 Å². The lowest BCUT2D eigenvalue weighted by Gasteiger charge is -2.29. The summed E-state index contributed by atoms with van der Waals surface area (Å²) in [7, 11) is 0. The van der Waals surface area contributed by atoms with Crippen LogP contribution in [0.3, 0.4) is 0 Å². The van der Waals surface area contributed by atoms with Crippen LogP contribution in [-0.4, -0.2) is 11.7 Å². The van der Waals surface area contributed by atoms with Gasteiger partial charge in [-0.15, -0.1) is 0 Å². The summed E-state index contributed by atoms with van der Waals surface area (Å²) in [5, 5.41) is 10.4. The number of fused-ring (bicyclic) bond motifs is 1. The van der Waals surface area contributed by atoms with E-state index in [1.807, 2.05) is 24.3 Å². The molecule has 2 nitrogen and oxygen atoms in total. The monoisotopic (exact) mass is 276 g/mol. The Morgan fingerprint density at radius 2 is 1.95 bits per heavy atom. The van der Waals surface area contributed by atoms with Crippen molar-refractivity contribution in [2.24, 2.45) is 0 Å².